The van der Waals surface area contributed by atoms with Crippen LogP contribution in [-0.4, -0.2) is 35.5 Å². The van der Waals surface area contributed by atoms with Gasteiger partial charge in [-0.05, 0) is 19.3 Å². The average Bonchev–Trinajstić information content (AvgIpc) is 3.05. The molecule has 1 aliphatic rings. The number of hydrogen-bond acceptors (Lipinski definition) is 3. The molecule has 0 aromatic rings. The van der Waals surface area contributed by atoms with Crippen molar-refractivity contribution in [3.63, 3.8) is 0 Å². The largest absolute Gasteiger partial charge is 0.478 e. The number of carboxylic acid groups (broad SMARTS) is 1. The third-order valence-electron chi connectivity index (χ3n) is 2.20. The van der Waals surface area contributed by atoms with Crippen molar-refractivity contribution in [1.82, 2.24) is 10.6 Å². The third kappa shape index (κ3) is 7.10. The van der Waals surface area contributed by atoms with Gasteiger partial charge in [0.2, 0.25) is 11.8 Å². The van der Waals surface area contributed by atoms with Crippen LogP contribution in [0.3, 0.4) is 0 Å². The zero-order chi connectivity index (χ0) is 12.7. The molecule has 3 N–H and O–H groups in total. The van der Waals surface area contributed by atoms with E-state index in [0.717, 1.165) is 25.0 Å². The Hall–Kier alpha value is -1.85. The van der Waals surface area contributed by atoms with Gasteiger partial charge in [0.1, 0.15) is 0 Å². The van der Waals surface area contributed by atoms with Crippen molar-refractivity contribution < 1.29 is 19.5 Å². The fourth-order valence-electron chi connectivity index (χ4n) is 1.19. The van der Waals surface area contributed by atoms with E-state index in [1.807, 2.05) is 0 Å². The van der Waals surface area contributed by atoms with Crippen molar-refractivity contribution in [3.8, 4) is 0 Å². The molecule has 0 aliphatic heterocycles. The number of nitrogens with one attached hydrogen (secondary N) is 2. The van der Waals surface area contributed by atoms with Crippen LogP contribution in [0.4, 0.5) is 0 Å². The topological polar surface area (TPSA) is 95.5 Å². The lowest BCUT2D eigenvalue weighted by Crippen LogP contribution is -2.27. The lowest BCUT2D eigenvalue weighted by molar-refractivity contribution is -0.131. The van der Waals surface area contributed by atoms with E-state index >= 15 is 0 Å². The summed E-state index contributed by atoms with van der Waals surface area (Å²) < 4.78 is 0. The first-order valence-electron chi connectivity index (χ1n) is 5.56. The molecule has 6 nitrogen and oxygen atoms in total. The van der Waals surface area contributed by atoms with Gasteiger partial charge in [-0.1, -0.05) is 0 Å². The number of hydrogen-bond donors (Lipinski definition) is 3. The molecule has 1 saturated carbocycles. The van der Waals surface area contributed by atoms with E-state index < -0.39 is 11.9 Å². The summed E-state index contributed by atoms with van der Waals surface area (Å²) in [7, 11) is 0. The van der Waals surface area contributed by atoms with Gasteiger partial charge in [-0.25, -0.2) is 4.79 Å². The number of rotatable bonds is 7. The van der Waals surface area contributed by atoms with E-state index in [0.29, 0.717) is 25.4 Å². The second kappa shape index (κ2) is 6.67. The maximum absolute atomic E-state index is 11.2. The molecule has 0 heterocycles. The monoisotopic (exact) mass is 240 g/mol. The molecule has 0 bridgehead atoms. The molecule has 0 saturated heterocycles. The highest BCUT2D eigenvalue weighted by Crippen LogP contribution is 2.18. The number of carbonyl (C=O) groups is 3. The summed E-state index contributed by atoms with van der Waals surface area (Å²) in [5, 5.41) is 13.6. The van der Waals surface area contributed by atoms with Crippen LogP contribution in [0.25, 0.3) is 0 Å². The van der Waals surface area contributed by atoms with Crippen molar-refractivity contribution in [1.29, 1.82) is 0 Å². The smallest absolute Gasteiger partial charge is 0.328 e. The minimum atomic E-state index is -1.16. The van der Waals surface area contributed by atoms with Crippen LogP contribution in [0.1, 0.15) is 25.7 Å². The number of aliphatic carboxylic acids is 1. The summed E-state index contributed by atoms with van der Waals surface area (Å²) in [6.07, 6.45) is 4.76. The van der Waals surface area contributed by atoms with Gasteiger partial charge in [0.15, 0.2) is 0 Å². The number of amides is 2. The second-order valence-corrected chi connectivity index (χ2v) is 3.91. The molecule has 0 atom stereocenters. The summed E-state index contributed by atoms with van der Waals surface area (Å²) in [6, 6.07) is 0.357. The number of carbonyl (C=O) groups excluding carboxylic acids is 2. The standard InChI is InChI=1S/C11H16N2O4/c14-9(5-6-11(16)17)12-7-1-2-10(15)13-8-3-4-8/h5-6,8H,1-4,7H2,(H,12,14)(H,13,15)(H,16,17). The Morgan fingerprint density at radius 2 is 1.94 bits per heavy atom. The van der Waals surface area contributed by atoms with E-state index in [1.165, 1.54) is 0 Å². The Bertz CT molecular complexity index is 334. The van der Waals surface area contributed by atoms with Crippen LogP contribution in [0.5, 0.6) is 0 Å². The summed E-state index contributed by atoms with van der Waals surface area (Å²) in [5.74, 6) is -1.62. The fraction of sp³-hybridized carbons (Fsp3) is 0.545. The van der Waals surface area contributed by atoms with Gasteiger partial charge in [-0.2, -0.15) is 0 Å². The average molecular weight is 240 g/mol. The van der Waals surface area contributed by atoms with E-state index in [4.69, 9.17) is 5.11 Å². The molecule has 17 heavy (non-hydrogen) atoms. The molecule has 94 valence electrons. The Labute approximate surface area is 99.1 Å². The van der Waals surface area contributed by atoms with Crippen LogP contribution >= 0.6 is 0 Å². The zero-order valence-electron chi connectivity index (χ0n) is 9.44. The highest BCUT2D eigenvalue weighted by Gasteiger charge is 2.22. The SMILES string of the molecule is O=C(O)C=CC(=O)NCCCC(=O)NC1CC1. The third-order valence-corrected chi connectivity index (χ3v) is 2.20. The minimum absolute atomic E-state index is 0.00262. The molecule has 0 unspecified atom stereocenters. The van der Waals surface area contributed by atoms with Crippen LogP contribution in [0.15, 0.2) is 12.2 Å². The summed E-state index contributed by atoms with van der Waals surface area (Å²) >= 11 is 0. The molecule has 1 fully saturated rings. The number of carboxylic acids is 1. The normalized spacial score (nSPS) is 14.6. The molecule has 0 spiro atoms. The van der Waals surface area contributed by atoms with Crippen molar-refractivity contribution in [3.05, 3.63) is 12.2 Å². The molecule has 2 amide bonds. The van der Waals surface area contributed by atoms with Crippen LogP contribution in [-0.2, 0) is 14.4 Å². The summed E-state index contributed by atoms with van der Waals surface area (Å²) in [5.41, 5.74) is 0. The molecule has 0 aromatic carbocycles. The predicted molar refractivity (Wildman–Crippen MR) is 60.2 cm³/mol. The van der Waals surface area contributed by atoms with Gasteiger partial charge >= 0.3 is 5.97 Å². The van der Waals surface area contributed by atoms with Gasteiger partial charge in [-0.15, -0.1) is 0 Å². The zero-order valence-corrected chi connectivity index (χ0v) is 9.44. The van der Waals surface area contributed by atoms with Crippen LogP contribution in [0, 0.1) is 0 Å². The maximum Gasteiger partial charge on any atom is 0.328 e. The Morgan fingerprint density at radius 3 is 2.53 bits per heavy atom. The van der Waals surface area contributed by atoms with Gasteiger partial charge < -0.3 is 15.7 Å². The van der Waals surface area contributed by atoms with Crippen molar-refractivity contribution in [2.75, 3.05) is 6.54 Å². The molecular formula is C11H16N2O4. The van der Waals surface area contributed by atoms with Crippen LogP contribution in [0.2, 0.25) is 0 Å². The molecule has 6 heteroatoms. The van der Waals surface area contributed by atoms with Gasteiger partial charge in [0.25, 0.3) is 0 Å². The lowest BCUT2D eigenvalue weighted by atomic mass is 10.3. The fourth-order valence-corrected chi connectivity index (χ4v) is 1.19. The van der Waals surface area contributed by atoms with E-state index in [9.17, 15) is 14.4 Å². The minimum Gasteiger partial charge on any atom is -0.478 e. The highest BCUT2D eigenvalue weighted by molar-refractivity contribution is 5.93. The second-order valence-electron chi connectivity index (χ2n) is 3.91. The Balaban J connectivity index is 2.00. The quantitative estimate of drug-likeness (QED) is 0.424. The maximum atomic E-state index is 11.2. The summed E-state index contributed by atoms with van der Waals surface area (Å²) in [6.45, 7) is 0.362. The molecule has 1 rings (SSSR count). The molecule has 0 aromatic heterocycles. The van der Waals surface area contributed by atoms with Crippen LogP contribution < -0.4 is 10.6 Å². The lowest BCUT2D eigenvalue weighted by Gasteiger charge is -2.03. The Morgan fingerprint density at radius 1 is 1.24 bits per heavy atom. The van der Waals surface area contributed by atoms with E-state index in [2.05, 4.69) is 10.6 Å². The van der Waals surface area contributed by atoms with E-state index in [-0.39, 0.29) is 5.91 Å². The molecular weight excluding hydrogens is 224 g/mol. The van der Waals surface area contributed by atoms with Gasteiger partial charge in [0.05, 0.1) is 0 Å². The van der Waals surface area contributed by atoms with Gasteiger partial charge in [-0.3, -0.25) is 9.59 Å². The van der Waals surface area contributed by atoms with Gasteiger partial charge in [0, 0.05) is 31.2 Å². The molecule has 0 radical (unpaired) electrons. The first-order valence-corrected chi connectivity index (χ1v) is 5.56. The van der Waals surface area contributed by atoms with Crippen molar-refractivity contribution in [2.24, 2.45) is 0 Å². The first kappa shape index (κ1) is 13.2. The first-order chi connectivity index (χ1) is 8.08. The van der Waals surface area contributed by atoms with E-state index in [1.54, 1.807) is 0 Å². The highest BCUT2D eigenvalue weighted by atomic mass is 16.4. The van der Waals surface area contributed by atoms with Crippen molar-refractivity contribution in [2.45, 2.75) is 31.7 Å². The molecule has 1 aliphatic carbocycles. The van der Waals surface area contributed by atoms with Crippen molar-refractivity contribution >= 4 is 17.8 Å². The predicted octanol–water partition coefficient (Wildman–Crippen LogP) is -0.198. The summed E-state index contributed by atoms with van der Waals surface area (Å²) in [4.78, 5) is 32.4. The Kier molecular flexibility index (Phi) is 5.19.